The zero-order valence-corrected chi connectivity index (χ0v) is 18.0. The van der Waals surface area contributed by atoms with Crippen LogP contribution >= 0.6 is 22.9 Å². The molecule has 0 saturated carbocycles. The number of rotatable bonds is 5. The minimum atomic E-state index is 0.429. The Hall–Kier alpha value is -4.06. The highest BCUT2D eigenvalue weighted by molar-refractivity contribution is 7.11. The van der Waals surface area contributed by atoms with E-state index in [0.29, 0.717) is 27.1 Å². The van der Waals surface area contributed by atoms with Crippen LogP contribution in [0.4, 0.5) is 0 Å². The lowest BCUT2D eigenvalue weighted by Crippen LogP contribution is -1.94. The topological polar surface area (TPSA) is 93.4 Å². The van der Waals surface area contributed by atoms with Crippen molar-refractivity contribution in [1.82, 2.24) is 25.2 Å². The molecule has 32 heavy (non-hydrogen) atoms. The maximum absolute atomic E-state index is 9.69. The van der Waals surface area contributed by atoms with Crippen LogP contribution in [0, 0.1) is 11.3 Å². The molecular formula is C23H13ClN6OS. The SMILES string of the molecule is N#C/C(=C/c1ccc(-c2cccc(-n3cnnn3)c2)o1)c1nc(-c2ccc(Cl)cc2)cs1. The number of allylic oxidation sites excluding steroid dienone is 1. The Labute approximate surface area is 191 Å². The molecule has 154 valence electrons. The van der Waals surface area contributed by atoms with Gasteiger partial charge in [0.25, 0.3) is 0 Å². The molecule has 7 nitrogen and oxygen atoms in total. The Kier molecular flexibility index (Phi) is 5.34. The van der Waals surface area contributed by atoms with E-state index in [1.165, 1.54) is 17.7 Å². The summed E-state index contributed by atoms with van der Waals surface area (Å²) in [7, 11) is 0. The van der Waals surface area contributed by atoms with E-state index >= 15 is 0 Å². The third kappa shape index (κ3) is 4.07. The molecule has 0 fully saturated rings. The third-order valence-corrected chi connectivity index (χ3v) is 5.78. The number of aromatic nitrogens is 5. The summed E-state index contributed by atoms with van der Waals surface area (Å²) < 4.78 is 7.55. The minimum Gasteiger partial charge on any atom is -0.457 e. The second kappa shape index (κ2) is 8.59. The quantitative estimate of drug-likeness (QED) is 0.312. The second-order valence-corrected chi connectivity index (χ2v) is 8.02. The number of furan rings is 1. The van der Waals surface area contributed by atoms with Gasteiger partial charge in [0.2, 0.25) is 0 Å². The molecule has 0 aliphatic carbocycles. The molecule has 0 saturated heterocycles. The lowest BCUT2D eigenvalue weighted by molar-refractivity contribution is 0.572. The number of nitrogens with zero attached hydrogens (tertiary/aromatic N) is 6. The molecule has 0 aliphatic heterocycles. The first-order valence-electron chi connectivity index (χ1n) is 9.47. The van der Waals surface area contributed by atoms with E-state index in [9.17, 15) is 5.26 Å². The molecule has 0 N–H and O–H groups in total. The molecule has 0 spiro atoms. The Morgan fingerprint density at radius 3 is 2.75 bits per heavy atom. The Morgan fingerprint density at radius 2 is 1.97 bits per heavy atom. The van der Waals surface area contributed by atoms with Gasteiger partial charge in [0.1, 0.15) is 28.9 Å². The van der Waals surface area contributed by atoms with Gasteiger partial charge in [0.15, 0.2) is 0 Å². The van der Waals surface area contributed by atoms with Crippen molar-refractivity contribution in [2.45, 2.75) is 0 Å². The Bertz CT molecular complexity index is 1440. The zero-order valence-electron chi connectivity index (χ0n) is 16.4. The van der Waals surface area contributed by atoms with Crippen LogP contribution in [-0.4, -0.2) is 25.2 Å². The molecule has 0 bridgehead atoms. The van der Waals surface area contributed by atoms with Crippen molar-refractivity contribution in [2.24, 2.45) is 0 Å². The van der Waals surface area contributed by atoms with Crippen LogP contribution in [0.1, 0.15) is 10.8 Å². The third-order valence-electron chi connectivity index (χ3n) is 4.65. The summed E-state index contributed by atoms with van der Waals surface area (Å²) in [6, 6.07) is 21.0. The minimum absolute atomic E-state index is 0.429. The molecule has 0 amide bonds. The summed E-state index contributed by atoms with van der Waals surface area (Å²) in [5.74, 6) is 1.23. The first kappa shape index (κ1) is 19.9. The molecule has 5 rings (SSSR count). The fourth-order valence-electron chi connectivity index (χ4n) is 3.10. The lowest BCUT2D eigenvalue weighted by Gasteiger charge is -2.02. The highest BCUT2D eigenvalue weighted by Crippen LogP contribution is 2.30. The fourth-order valence-corrected chi connectivity index (χ4v) is 4.02. The smallest absolute Gasteiger partial charge is 0.143 e. The summed E-state index contributed by atoms with van der Waals surface area (Å²) >= 11 is 7.36. The molecule has 5 aromatic rings. The summed E-state index contributed by atoms with van der Waals surface area (Å²) in [4.78, 5) is 4.60. The van der Waals surface area contributed by atoms with Crippen LogP contribution in [0.3, 0.4) is 0 Å². The van der Waals surface area contributed by atoms with Crippen molar-refractivity contribution in [1.29, 1.82) is 5.26 Å². The molecular weight excluding hydrogens is 444 g/mol. The molecule has 9 heteroatoms. The number of halogens is 1. The van der Waals surface area contributed by atoms with Crippen LogP contribution in [0.2, 0.25) is 5.02 Å². The van der Waals surface area contributed by atoms with E-state index in [-0.39, 0.29) is 0 Å². The first-order chi connectivity index (χ1) is 15.7. The van der Waals surface area contributed by atoms with Crippen LogP contribution in [0.5, 0.6) is 0 Å². The Morgan fingerprint density at radius 1 is 1.09 bits per heavy atom. The number of nitriles is 1. The van der Waals surface area contributed by atoms with Gasteiger partial charge < -0.3 is 4.42 Å². The fraction of sp³-hybridized carbons (Fsp3) is 0. The molecule has 0 aliphatic rings. The predicted octanol–water partition coefficient (Wildman–Crippen LogP) is 5.76. The predicted molar refractivity (Wildman–Crippen MR) is 123 cm³/mol. The van der Waals surface area contributed by atoms with Gasteiger partial charge >= 0.3 is 0 Å². The summed E-state index contributed by atoms with van der Waals surface area (Å²) in [5, 5.41) is 24.1. The number of tetrazole rings is 1. The van der Waals surface area contributed by atoms with Gasteiger partial charge in [-0.3, -0.25) is 0 Å². The van der Waals surface area contributed by atoms with Crippen molar-refractivity contribution >= 4 is 34.6 Å². The van der Waals surface area contributed by atoms with Crippen molar-refractivity contribution in [3.8, 4) is 34.3 Å². The Balaban J connectivity index is 1.42. The average molecular weight is 457 g/mol. The van der Waals surface area contributed by atoms with Crippen LogP contribution < -0.4 is 0 Å². The lowest BCUT2D eigenvalue weighted by atomic mass is 10.1. The van der Waals surface area contributed by atoms with Gasteiger partial charge in [0, 0.05) is 27.6 Å². The number of hydrogen-bond acceptors (Lipinski definition) is 7. The number of benzene rings is 2. The van der Waals surface area contributed by atoms with Gasteiger partial charge in [-0.25, -0.2) is 9.67 Å². The van der Waals surface area contributed by atoms with Gasteiger partial charge in [0.05, 0.1) is 17.0 Å². The van der Waals surface area contributed by atoms with E-state index in [4.69, 9.17) is 16.0 Å². The normalized spacial score (nSPS) is 11.4. The zero-order chi connectivity index (χ0) is 21.9. The van der Waals surface area contributed by atoms with E-state index < -0.39 is 0 Å². The van der Waals surface area contributed by atoms with Crippen LogP contribution in [0.25, 0.3) is 39.9 Å². The number of thiazole rings is 1. The molecule has 2 aromatic carbocycles. The summed E-state index contributed by atoms with van der Waals surface area (Å²) in [6.07, 6.45) is 3.22. The first-order valence-corrected chi connectivity index (χ1v) is 10.7. The van der Waals surface area contributed by atoms with Crippen molar-refractivity contribution in [2.75, 3.05) is 0 Å². The monoisotopic (exact) mass is 456 g/mol. The van der Waals surface area contributed by atoms with Gasteiger partial charge in [-0.05, 0) is 46.8 Å². The van der Waals surface area contributed by atoms with Gasteiger partial charge in [-0.15, -0.1) is 16.4 Å². The van der Waals surface area contributed by atoms with E-state index in [1.807, 2.05) is 66.0 Å². The number of hydrogen-bond donors (Lipinski definition) is 0. The largest absolute Gasteiger partial charge is 0.457 e. The second-order valence-electron chi connectivity index (χ2n) is 6.72. The standard InChI is InChI=1S/C23H13ClN6OS/c24-18-6-4-15(5-7-18)21-13-32-23(27-21)17(12-25)11-20-8-9-22(31-20)16-2-1-3-19(10-16)30-14-26-28-29-30/h1-11,13-14H/b17-11-. The van der Waals surface area contributed by atoms with Crippen molar-refractivity contribution < 1.29 is 4.42 Å². The van der Waals surface area contributed by atoms with Crippen LogP contribution in [0.15, 0.2) is 76.8 Å². The van der Waals surface area contributed by atoms with Gasteiger partial charge in [-0.1, -0.05) is 35.9 Å². The highest BCUT2D eigenvalue weighted by atomic mass is 35.5. The van der Waals surface area contributed by atoms with Crippen molar-refractivity contribution in [3.05, 3.63) is 88.2 Å². The van der Waals surface area contributed by atoms with E-state index in [0.717, 1.165) is 22.5 Å². The molecule has 3 heterocycles. The molecule has 0 atom stereocenters. The van der Waals surface area contributed by atoms with E-state index in [2.05, 4.69) is 26.6 Å². The van der Waals surface area contributed by atoms with E-state index in [1.54, 1.807) is 10.8 Å². The maximum atomic E-state index is 9.69. The molecule has 0 radical (unpaired) electrons. The summed E-state index contributed by atoms with van der Waals surface area (Å²) in [5.41, 5.74) is 3.85. The van der Waals surface area contributed by atoms with Crippen LogP contribution in [-0.2, 0) is 0 Å². The molecule has 3 aromatic heterocycles. The summed E-state index contributed by atoms with van der Waals surface area (Å²) in [6.45, 7) is 0. The maximum Gasteiger partial charge on any atom is 0.143 e. The average Bonchev–Trinajstić information content (AvgIpc) is 3.60. The molecule has 0 unspecified atom stereocenters. The highest BCUT2D eigenvalue weighted by Gasteiger charge is 2.11. The van der Waals surface area contributed by atoms with Gasteiger partial charge in [-0.2, -0.15) is 5.26 Å². The van der Waals surface area contributed by atoms with Crippen molar-refractivity contribution in [3.63, 3.8) is 0 Å².